The Morgan fingerprint density at radius 3 is 2.00 bits per heavy atom. The van der Waals surface area contributed by atoms with Gasteiger partial charge in [0, 0.05) is 0 Å². The van der Waals surface area contributed by atoms with Gasteiger partial charge < -0.3 is 9.90 Å². The maximum Gasteiger partial charge on any atom is 0.262 e. The van der Waals surface area contributed by atoms with Crippen LogP contribution >= 0.6 is 0 Å². The van der Waals surface area contributed by atoms with Gasteiger partial charge in [-0.25, -0.2) is 0 Å². The molecule has 1 aliphatic heterocycles. The van der Waals surface area contributed by atoms with Gasteiger partial charge in [0.2, 0.25) is 0 Å². The molecule has 0 saturated carbocycles. The number of imide groups is 1. The molecule has 2 amide bonds. The highest BCUT2D eigenvalue weighted by molar-refractivity contribution is 6.22. The molecule has 16 heavy (non-hydrogen) atoms. The van der Waals surface area contributed by atoms with Gasteiger partial charge in [-0.3, -0.25) is 14.5 Å². The van der Waals surface area contributed by atoms with Gasteiger partial charge >= 0.3 is 0 Å². The largest absolute Gasteiger partial charge is 0.548 e. The van der Waals surface area contributed by atoms with Gasteiger partial charge in [0.25, 0.3) is 11.8 Å². The number of carboxylic acids is 1. The second kappa shape index (κ2) is 3.44. The van der Waals surface area contributed by atoms with E-state index >= 15 is 0 Å². The Bertz CT molecular complexity index is 460. The first-order valence-electron chi connectivity index (χ1n) is 4.72. The van der Waals surface area contributed by atoms with Crippen molar-refractivity contribution in [3.05, 3.63) is 35.4 Å². The number of rotatable bonds is 2. The van der Waals surface area contributed by atoms with E-state index in [9.17, 15) is 19.5 Å². The molecule has 0 saturated heterocycles. The highest BCUT2D eigenvalue weighted by atomic mass is 16.4. The smallest absolute Gasteiger partial charge is 0.262 e. The third-order valence-corrected chi connectivity index (χ3v) is 2.55. The van der Waals surface area contributed by atoms with Crippen LogP contribution in [-0.4, -0.2) is 28.7 Å². The minimum atomic E-state index is -1.45. The maximum atomic E-state index is 11.8. The number of carboxylic acid groups (broad SMARTS) is 1. The number of fused-ring (bicyclic) bond motifs is 1. The lowest BCUT2D eigenvalue weighted by Gasteiger charge is -2.22. The summed E-state index contributed by atoms with van der Waals surface area (Å²) in [5, 5.41) is 10.7. The van der Waals surface area contributed by atoms with Crippen molar-refractivity contribution < 1.29 is 19.5 Å². The molecule has 1 aromatic carbocycles. The Hall–Kier alpha value is -2.17. The van der Waals surface area contributed by atoms with Crippen LogP contribution in [0.1, 0.15) is 27.6 Å². The standard InChI is InChI=1S/C11H9NO4/c1-6(11(15)16)12-9(13)7-4-2-3-5-8(7)10(12)14/h2-6H,1H3,(H,15,16)/p-1/t6-/m0/s1. The van der Waals surface area contributed by atoms with E-state index in [-0.39, 0.29) is 11.1 Å². The van der Waals surface area contributed by atoms with Gasteiger partial charge in [0.05, 0.1) is 23.1 Å². The lowest BCUT2D eigenvalue weighted by Crippen LogP contribution is -2.48. The van der Waals surface area contributed by atoms with Crippen molar-refractivity contribution in [2.24, 2.45) is 0 Å². The first-order chi connectivity index (χ1) is 7.54. The Morgan fingerprint density at radius 2 is 1.62 bits per heavy atom. The van der Waals surface area contributed by atoms with Crippen LogP contribution in [-0.2, 0) is 4.79 Å². The molecule has 0 N–H and O–H groups in total. The monoisotopic (exact) mass is 218 g/mol. The quantitative estimate of drug-likeness (QED) is 0.622. The summed E-state index contributed by atoms with van der Waals surface area (Å²) < 4.78 is 0. The first kappa shape index (κ1) is 10.4. The van der Waals surface area contributed by atoms with Crippen LogP contribution in [0, 0.1) is 0 Å². The van der Waals surface area contributed by atoms with Crippen LogP contribution in [0.15, 0.2) is 24.3 Å². The molecule has 1 heterocycles. The highest BCUT2D eigenvalue weighted by Gasteiger charge is 2.38. The Morgan fingerprint density at radius 1 is 1.19 bits per heavy atom. The van der Waals surface area contributed by atoms with Crippen LogP contribution in [0.5, 0.6) is 0 Å². The summed E-state index contributed by atoms with van der Waals surface area (Å²) in [5.41, 5.74) is 0.473. The fourth-order valence-electron chi connectivity index (χ4n) is 1.67. The van der Waals surface area contributed by atoms with Crippen LogP contribution in [0.3, 0.4) is 0 Å². The molecule has 0 radical (unpaired) electrons. The van der Waals surface area contributed by atoms with E-state index in [0.717, 1.165) is 0 Å². The van der Waals surface area contributed by atoms with Gasteiger partial charge in [-0.1, -0.05) is 12.1 Å². The minimum Gasteiger partial charge on any atom is -0.548 e. The van der Waals surface area contributed by atoms with E-state index in [1.54, 1.807) is 12.1 Å². The average Bonchev–Trinajstić information content (AvgIpc) is 2.52. The molecular weight excluding hydrogens is 210 g/mol. The van der Waals surface area contributed by atoms with Crippen molar-refractivity contribution in [2.45, 2.75) is 13.0 Å². The van der Waals surface area contributed by atoms with Crippen molar-refractivity contribution in [2.75, 3.05) is 0 Å². The topological polar surface area (TPSA) is 77.5 Å². The zero-order valence-corrected chi connectivity index (χ0v) is 8.47. The van der Waals surface area contributed by atoms with Gasteiger partial charge in [0.1, 0.15) is 0 Å². The fraction of sp³-hybridized carbons (Fsp3) is 0.182. The van der Waals surface area contributed by atoms with Crippen molar-refractivity contribution >= 4 is 17.8 Å². The zero-order chi connectivity index (χ0) is 11.9. The van der Waals surface area contributed by atoms with Crippen LogP contribution < -0.4 is 5.11 Å². The lowest BCUT2D eigenvalue weighted by atomic mass is 10.1. The highest BCUT2D eigenvalue weighted by Crippen LogP contribution is 2.23. The van der Waals surface area contributed by atoms with Crippen molar-refractivity contribution in [3.63, 3.8) is 0 Å². The molecule has 0 unspecified atom stereocenters. The van der Waals surface area contributed by atoms with E-state index in [2.05, 4.69) is 0 Å². The van der Waals surface area contributed by atoms with E-state index < -0.39 is 23.8 Å². The van der Waals surface area contributed by atoms with Gasteiger partial charge in [-0.2, -0.15) is 0 Å². The number of hydrogen-bond donors (Lipinski definition) is 0. The van der Waals surface area contributed by atoms with Crippen LogP contribution in [0.25, 0.3) is 0 Å². The number of aliphatic carboxylic acids is 1. The number of carbonyl (C=O) groups is 3. The summed E-state index contributed by atoms with van der Waals surface area (Å²) in [6, 6.07) is 4.98. The molecule has 0 aromatic heterocycles. The second-order valence-electron chi connectivity index (χ2n) is 3.52. The summed E-state index contributed by atoms with van der Waals surface area (Å²) >= 11 is 0. The average molecular weight is 218 g/mol. The molecule has 0 bridgehead atoms. The molecule has 5 nitrogen and oxygen atoms in total. The summed E-state index contributed by atoms with van der Waals surface area (Å²) in [6.07, 6.45) is 0. The van der Waals surface area contributed by atoms with Gasteiger partial charge in [-0.05, 0) is 19.1 Å². The van der Waals surface area contributed by atoms with Crippen LogP contribution in [0.4, 0.5) is 0 Å². The normalized spacial score (nSPS) is 16.2. The first-order valence-corrected chi connectivity index (χ1v) is 4.72. The predicted molar refractivity (Wildman–Crippen MR) is 51.4 cm³/mol. The SMILES string of the molecule is C[C@@H](C(=O)[O-])N1C(=O)c2ccccc2C1=O. The molecular formula is C11H8NO4-. The van der Waals surface area contributed by atoms with Crippen molar-refractivity contribution in [1.82, 2.24) is 4.90 Å². The molecule has 1 atom stereocenters. The van der Waals surface area contributed by atoms with Crippen LogP contribution in [0.2, 0.25) is 0 Å². The summed E-state index contributed by atoms with van der Waals surface area (Å²) in [6.45, 7) is 1.25. The maximum absolute atomic E-state index is 11.8. The molecule has 82 valence electrons. The number of amides is 2. The minimum absolute atomic E-state index is 0.237. The fourth-order valence-corrected chi connectivity index (χ4v) is 1.67. The number of benzene rings is 1. The van der Waals surface area contributed by atoms with E-state index in [1.807, 2.05) is 0 Å². The number of nitrogens with zero attached hydrogens (tertiary/aromatic N) is 1. The molecule has 0 fully saturated rings. The number of carbonyl (C=O) groups excluding carboxylic acids is 3. The summed E-state index contributed by atoms with van der Waals surface area (Å²) in [5.74, 6) is -2.62. The third-order valence-electron chi connectivity index (χ3n) is 2.55. The van der Waals surface area contributed by atoms with E-state index in [0.29, 0.717) is 4.90 Å². The predicted octanol–water partition coefficient (Wildman–Crippen LogP) is -0.579. The summed E-state index contributed by atoms with van der Waals surface area (Å²) in [7, 11) is 0. The zero-order valence-electron chi connectivity index (χ0n) is 8.47. The van der Waals surface area contributed by atoms with Gasteiger partial charge in [0.15, 0.2) is 0 Å². The number of hydrogen-bond acceptors (Lipinski definition) is 4. The molecule has 1 aromatic rings. The Labute approximate surface area is 91.3 Å². The second-order valence-corrected chi connectivity index (χ2v) is 3.52. The molecule has 1 aliphatic rings. The lowest BCUT2D eigenvalue weighted by molar-refractivity contribution is -0.309. The van der Waals surface area contributed by atoms with Crippen molar-refractivity contribution in [3.8, 4) is 0 Å². The summed E-state index contributed by atoms with van der Waals surface area (Å²) in [4.78, 5) is 34.9. The third kappa shape index (κ3) is 1.29. The van der Waals surface area contributed by atoms with E-state index in [4.69, 9.17) is 0 Å². The van der Waals surface area contributed by atoms with Gasteiger partial charge in [-0.15, -0.1) is 0 Å². The van der Waals surface area contributed by atoms with E-state index in [1.165, 1.54) is 19.1 Å². The molecule has 5 heteroatoms. The van der Waals surface area contributed by atoms with Crippen molar-refractivity contribution in [1.29, 1.82) is 0 Å². The molecule has 2 rings (SSSR count). The Balaban J connectivity index is 2.46. The molecule has 0 aliphatic carbocycles. The Kier molecular flexibility index (Phi) is 2.23. The molecule has 0 spiro atoms.